The maximum Gasteiger partial charge on any atom is 0.185 e. The summed E-state index contributed by atoms with van der Waals surface area (Å²) < 4.78 is 0. The smallest absolute Gasteiger partial charge is 0.185 e. The molecule has 0 saturated heterocycles. The van der Waals surface area contributed by atoms with Gasteiger partial charge in [-0.2, -0.15) is 0 Å². The monoisotopic (exact) mass is 287 g/mol. The fourth-order valence-corrected chi connectivity index (χ4v) is 0.556. The molecule has 5 heteroatoms. The van der Waals surface area contributed by atoms with Crippen LogP contribution in [-0.2, 0) is 0 Å². The van der Waals surface area contributed by atoms with Crippen molar-refractivity contribution in [1.82, 2.24) is 0 Å². The first kappa shape index (κ1) is 14.5. The van der Waals surface area contributed by atoms with Crippen molar-refractivity contribution >= 4 is 29.9 Å². The third kappa shape index (κ3) is 5.59. The second kappa shape index (κ2) is 6.47. The topological polar surface area (TPSA) is 84.6 Å². The molecule has 0 aromatic rings. The van der Waals surface area contributed by atoms with Crippen LogP contribution in [0.15, 0.2) is 4.99 Å². The van der Waals surface area contributed by atoms with E-state index in [9.17, 15) is 0 Å². The number of nitrogens with two attached hydrogens (primary N) is 2. The minimum absolute atomic E-state index is 0. The van der Waals surface area contributed by atoms with Gasteiger partial charge in [0.25, 0.3) is 0 Å². The van der Waals surface area contributed by atoms with Crippen LogP contribution >= 0.6 is 24.0 Å². The van der Waals surface area contributed by atoms with Crippen molar-refractivity contribution in [2.24, 2.45) is 21.9 Å². The first-order valence-electron chi connectivity index (χ1n) is 3.70. The molecule has 0 aliphatic carbocycles. The zero-order valence-corrected chi connectivity index (χ0v) is 9.91. The normalized spacial score (nSPS) is 14.2. The molecule has 0 bridgehead atoms. The van der Waals surface area contributed by atoms with Crippen molar-refractivity contribution in [3.05, 3.63) is 0 Å². The van der Waals surface area contributed by atoms with Gasteiger partial charge >= 0.3 is 0 Å². The van der Waals surface area contributed by atoms with E-state index in [2.05, 4.69) is 4.99 Å². The van der Waals surface area contributed by atoms with E-state index >= 15 is 0 Å². The molecule has 1 atom stereocenters. The molecule has 12 heavy (non-hydrogen) atoms. The molecule has 5 N–H and O–H groups in total. The van der Waals surface area contributed by atoms with E-state index in [0.717, 1.165) is 6.42 Å². The lowest BCUT2D eigenvalue weighted by molar-refractivity contribution is 0.146. The highest BCUT2D eigenvalue weighted by Gasteiger charge is 2.19. The number of hydrogen-bond acceptors (Lipinski definition) is 2. The Morgan fingerprint density at radius 2 is 2.00 bits per heavy atom. The Balaban J connectivity index is 0. The van der Waals surface area contributed by atoms with Gasteiger partial charge in [0.2, 0.25) is 0 Å². The average molecular weight is 287 g/mol. The molecule has 74 valence electrons. The minimum Gasteiger partial charge on any atom is -0.396 e. The molecule has 0 spiro atoms. The Kier molecular flexibility index (Phi) is 7.81. The van der Waals surface area contributed by atoms with Crippen LogP contribution in [-0.4, -0.2) is 24.2 Å². The minimum atomic E-state index is -0.177. The second-order valence-corrected chi connectivity index (χ2v) is 3.06. The third-order valence-electron chi connectivity index (χ3n) is 1.88. The van der Waals surface area contributed by atoms with Crippen LogP contribution in [0.25, 0.3) is 0 Å². The summed E-state index contributed by atoms with van der Waals surface area (Å²) in [5.74, 6) is 0.0816. The molecule has 0 aliphatic heterocycles. The van der Waals surface area contributed by atoms with Gasteiger partial charge in [-0.15, -0.1) is 24.0 Å². The molecule has 0 fully saturated rings. The Hall–Kier alpha value is -0.0400. The van der Waals surface area contributed by atoms with E-state index in [1.807, 2.05) is 13.8 Å². The highest BCUT2D eigenvalue weighted by Crippen LogP contribution is 2.19. The van der Waals surface area contributed by atoms with Crippen molar-refractivity contribution in [3.63, 3.8) is 0 Å². The summed E-state index contributed by atoms with van der Waals surface area (Å²) in [5.41, 5.74) is 10.1. The van der Waals surface area contributed by atoms with Crippen molar-refractivity contribution in [1.29, 1.82) is 0 Å². The van der Waals surface area contributed by atoms with E-state index in [1.165, 1.54) is 0 Å². The SMILES string of the molecule is CCC(C)(CO)CN=C(N)N.I. The summed E-state index contributed by atoms with van der Waals surface area (Å²) in [7, 11) is 0. The fraction of sp³-hybridized carbons (Fsp3) is 0.857. The van der Waals surface area contributed by atoms with Crippen molar-refractivity contribution in [2.75, 3.05) is 13.2 Å². The average Bonchev–Trinajstić information content (AvgIpc) is 2.00. The molecule has 4 nitrogen and oxygen atoms in total. The highest BCUT2D eigenvalue weighted by atomic mass is 127. The van der Waals surface area contributed by atoms with Gasteiger partial charge in [0, 0.05) is 5.41 Å². The molecule has 0 heterocycles. The number of guanidine groups is 1. The number of aliphatic hydroxyl groups excluding tert-OH is 1. The van der Waals surface area contributed by atoms with E-state index in [4.69, 9.17) is 16.6 Å². The summed E-state index contributed by atoms with van der Waals surface area (Å²) in [4.78, 5) is 3.85. The Morgan fingerprint density at radius 1 is 1.50 bits per heavy atom. The van der Waals surface area contributed by atoms with E-state index in [-0.39, 0.29) is 42.0 Å². The molecular formula is C7H18IN3O. The van der Waals surface area contributed by atoms with Gasteiger partial charge < -0.3 is 16.6 Å². The van der Waals surface area contributed by atoms with Gasteiger partial charge in [0.05, 0.1) is 13.2 Å². The quantitative estimate of drug-likeness (QED) is 0.394. The largest absolute Gasteiger partial charge is 0.396 e. The van der Waals surface area contributed by atoms with Gasteiger partial charge in [0.1, 0.15) is 0 Å². The maximum atomic E-state index is 8.95. The number of hydrogen-bond donors (Lipinski definition) is 3. The van der Waals surface area contributed by atoms with Crippen LogP contribution < -0.4 is 11.5 Å². The number of halogens is 1. The van der Waals surface area contributed by atoms with Gasteiger partial charge in [0.15, 0.2) is 5.96 Å². The molecule has 0 aromatic carbocycles. The molecule has 0 rings (SSSR count). The predicted octanol–water partition coefficient (Wildman–Crippen LogP) is 0.286. The summed E-state index contributed by atoms with van der Waals surface area (Å²) in [6.07, 6.45) is 0.861. The number of aliphatic imine (C=N–C) groups is 1. The summed E-state index contributed by atoms with van der Waals surface area (Å²) in [6, 6.07) is 0. The predicted molar refractivity (Wildman–Crippen MR) is 61.6 cm³/mol. The third-order valence-corrected chi connectivity index (χ3v) is 1.88. The number of aliphatic hydroxyl groups is 1. The first-order valence-corrected chi connectivity index (χ1v) is 3.70. The zero-order chi connectivity index (χ0) is 8.91. The van der Waals surface area contributed by atoms with Crippen molar-refractivity contribution < 1.29 is 5.11 Å². The molecule has 0 saturated carbocycles. The molecule has 0 amide bonds. The van der Waals surface area contributed by atoms with Crippen LogP contribution in [0.5, 0.6) is 0 Å². The van der Waals surface area contributed by atoms with Crippen molar-refractivity contribution in [3.8, 4) is 0 Å². The Morgan fingerprint density at radius 3 is 2.25 bits per heavy atom. The fourth-order valence-electron chi connectivity index (χ4n) is 0.556. The Labute approximate surface area is 90.4 Å². The lowest BCUT2D eigenvalue weighted by Crippen LogP contribution is -2.29. The molecular weight excluding hydrogens is 269 g/mol. The summed E-state index contributed by atoms with van der Waals surface area (Å²) >= 11 is 0. The highest BCUT2D eigenvalue weighted by molar-refractivity contribution is 14.0. The summed E-state index contributed by atoms with van der Waals surface area (Å²) in [6.45, 7) is 4.54. The van der Waals surface area contributed by atoms with E-state index < -0.39 is 0 Å². The molecule has 1 unspecified atom stereocenters. The van der Waals surface area contributed by atoms with Crippen LogP contribution in [0.3, 0.4) is 0 Å². The van der Waals surface area contributed by atoms with Crippen LogP contribution in [0, 0.1) is 5.41 Å². The van der Waals surface area contributed by atoms with Gasteiger partial charge in [-0.05, 0) is 6.42 Å². The second-order valence-electron chi connectivity index (χ2n) is 3.06. The summed E-state index contributed by atoms with van der Waals surface area (Å²) in [5, 5.41) is 8.95. The molecule has 0 aromatic heterocycles. The standard InChI is InChI=1S/C7H17N3O.HI/c1-3-7(2,5-11)4-10-6(8)9;/h11H,3-5H2,1-2H3,(H4,8,9,10);1H. The zero-order valence-electron chi connectivity index (χ0n) is 7.58. The first-order chi connectivity index (χ1) is 5.04. The van der Waals surface area contributed by atoms with Gasteiger partial charge in [-0.3, -0.25) is 4.99 Å². The number of nitrogens with zero attached hydrogens (tertiary/aromatic N) is 1. The van der Waals surface area contributed by atoms with Crippen LogP contribution in [0.4, 0.5) is 0 Å². The van der Waals surface area contributed by atoms with Crippen LogP contribution in [0.2, 0.25) is 0 Å². The lowest BCUT2D eigenvalue weighted by atomic mass is 9.89. The molecule has 0 radical (unpaired) electrons. The maximum absolute atomic E-state index is 8.95. The van der Waals surface area contributed by atoms with Crippen LogP contribution in [0.1, 0.15) is 20.3 Å². The number of rotatable bonds is 4. The van der Waals surface area contributed by atoms with Gasteiger partial charge in [-0.1, -0.05) is 13.8 Å². The van der Waals surface area contributed by atoms with E-state index in [1.54, 1.807) is 0 Å². The van der Waals surface area contributed by atoms with Gasteiger partial charge in [-0.25, -0.2) is 0 Å². The molecule has 0 aliphatic rings. The Bertz CT molecular complexity index is 142. The van der Waals surface area contributed by atoms with Crippen molar-refractivity contribution in [2.45, 2.75) is 20.3 Å². The van der Waals surface area contributed by atoms with E-state index in [0.29, 0.717) is 6.54 Å². The lowest BCUT2D eigenvalue weighted by Gasteiger charge is -2.22.